The van der Waals surface area contributed by atoms with E-state index in [1.54, 1.807) is 30.3 Å². The van der Waals surface area contributed by atoms with Crippen LogP contribution in [0.3, 0.4) is 0 Å². The lowest BCUT2D eigenvalue weighted by Gasteiger charge is -2.29. The summed E-state index contributed by atoms with van der Waals surface area (Å²) in [5, 5.41) is 5.41. The topological polar surface area (TPSA) is 58.6 Å². The van der Waals surface area contributed by atoms with Crippen molar-refractivity contribution in [1.82, 2.24) is 5.32 Å². The van der Waals surface area contributed by atoms with Crippen LogP contribution in [0.2, 0.25) is 20.1 Å². The van der Waals surface area contributed by atoms with Gasteiger partial charge in [-0.2, -0.15) is 0 Å². The van der Waals surface area contributed by atoms with Crippen LogP contribution in [0.1, 0.15) is 11.1 Å². The lowest BCUT2D eigenvalue weighted by atomic mass is 10.1. The molecule has 0 radical (unpaired) electrons. The number of ether oxygens (including phenoxy) is 1. The van der Waals surface area contributed by atoms with Crippen molar-refractivity contribution in [2.45, 2.75) is 6.61 Å². The van der Waals surface area contributed by atoms with E-state index >= 15 is 0 Å². The van der Waals surface area contributed by atoms with Crippen LogP contribution in [-0.4, -0.2) is 16.9 Å². The van der Waals surface area contributed by atoms with Crippen LogP contribution < -0.4 is 15.0 Å². The fourth-order valence-electron chi connectivity index (χ4n) is 3.99. The third-order valence-corrected chi connectivity index (χ3v) is 7.46. The number of carbonyl (C=O) groups excluding carboxylic acids is 2. The van der Waals surface area contributed by atoms with Gasteiger partial charge in [-0.05, 0) is 70.5 Å². The highest BCUT2D eigenvalue weighted by Crippen LogP contribution is 2.37. The van der Waals surface area contributed by atoms with E-state index in [2.05, 4.69) is 5.32 Å². The van der Waals surface area contributed by atoms with E-state index in [0.717, 1.165) is 21.2 Å². The number of amides is 2. The molecule has 0 aromatic heterocycles. The first-order valence-corrected chi connectivity index (χ1v) is 13.1. The molecule has 1 heterocycles. The second-order valence-corrected chi connectivity index (χ2v) is 10.3. The Labute approximate surface area is 243 Å². The van der Waals surface area contributed by atoms with Crippen molar-refractivity contribution in [3.05, 3.63) is 110 Å². The Balaban J connectivity index is 1.41. The van der Waals surface area contributed by atoms with E-state index in [-0.39, 0.29) is 48.8 Å². The van der Waals surface area contributed by atoms with Crippen LogP contribution >= 0.6 is 58.6 Å². The molecule has 190 valence electrons. The molecule has 0 aliphatic carbocycles. The second-order valence-electron chi connectivity index (χ2n) is 8.31. The molecule has 0 saturated carbocycles. The molecule has 10 heteroatoms. The van der Waals surface area contributed by atoms with Crippen LogP contribution in [0.15, 0.2) is 78.4 Å². The second kappa shape index (κ2) is 10.9. The number of nitrogens with one attached hydrogen (secondary N) is 1. The van der Waals surface area contributed by atoms with Gasteiger partial charge in [-0.25, -0.2) is 0 Å². The molecule has 1 saturated heterocycles. The average molecular weight is 602 g/mol. The average Bonchev–Trinajstić information content (AvgIpc) is 2.88. The SMILES string of the molecule is O=C1NC(=S)N(c2cccc(Cl)c2Cl)C(=O)/C1=C/c1cc(Cl)c(OCc2ccc3ccccc3c2)c(Cl)c1. The molecular formula is C28H16Cl4N2O3S. The molecular weight excluding hydrogens is 586 g/mol. The molecule has 5 nitrogen and oxygen atoms in total. The number of rotatable bonds is 5. The lowest BCUT2D eigenvalue weighted by molar-refractivity contribution is -0.122. The van der Waals surface area contributed by atoms with Gasteiger partial charge in [0.25, 0.3) is 11.8 Å². The number of hydrogen-bond acceptors (Lipinski definition) is 4. The van der Waals surface area contributed by atoms with Crippen LogP contribution in [0.4, 0.5) is 5.69 Å². The first-order valence-electron chi connectivity index (χ1n) is 11.2. The summed E-state index contributed by atoms with van der Waals surface area (Å²) in [5.74, 6) is -1.05. The fourth-order valence-corrected chi connectivity index (χ4v) is 5.26. The van der Waals surface area contributed by atoms with E-state index in [0.29, 0.717) is 5.56 Å². The van der Waals surface area contributed by atoms with Gasteiger partial charge in [-0.3, -0.25) is 19.8 Å². The number of anilines is 1. The molecule has 0 atom stereocenters. The number of nitrogens with zero attached hydrogens (tertiary/aromatic N) is 1. The van der Waals surface area contributed by atoms with Gasteiger partial charge >= 0.3 is 0 Å². The molecule has 4 aromatic rings. The minimum absolute atomic E-state index is 0.116. The van der Waals surface area contributed by atoms with Gasteiger partial charge in [0.05, 0.1) is 25.8 Å². The van der Waals surface area contributed by atoms with Crippen molar-refractivity contribution in [3.63, 3.8) is 0 Å². The quantitative estimate of drug-likeness (QED) is 0.144. The maximum Gasteiger partial charge on any atom is 0.270 e. The van der Waals surface area contributed by atoms with E-state index in [9.17, 15) is 9.59 Å². The third-order valence-electron chi connectivity index (χ3n) is 5.80. The standard InChI is InChI=1S/C28H16Cl4N2O3S/c29-20-6-3-7-23(24(20)32)34-27(36)19(26(35)33-28(34)38)11-16-12-21(30)25(22(31)13-16)37-14-15-8-9-17-4-1-2-5-18(17)10-15/h1-13H,14H2,(H,33,35,38)/b19-11+. The molecule has 0 unspecified atom stereocenters. The fraction of sp³-hybridized carbons (Fsp3) is 0.0357. The predicted molar refractivity (Wildman–Crippen MR) is 157 cm³/mol. The van der Waals surface area contributed by atoms with Crippen LogP contribution in [0, 0.1) is 0 Å². The zero-order valence-corrected chi connectivity index (χ0v) is 23.1. The van der Waals surface area contributed by atoms with E-state index in [4.69, 9.17) is 63.4 Å². The Morgan fingerprint density at radius 1 is 0.842 bits per heavy atom. The number of fused-ring (bicyclic) bond motifs is 1. The molecule has 4 aromatic carbocycles. The zero-order chi connectivity index (χ0) is 27.0. The third kappa shape index (κ3) is 5.23. The highest BCUT2D eigenvalue weighted by Gasteiger charge is 2.35. The molecule has 0 spiro atoms. The molecule has 1 N–H and O–H groups in total. The smallest absolute Gasteiger partial charge is 0.270 e. The summed E-state index contributed by atoms with van der Waals surface area (Å²) in [5.41, 5.74) is 1.42. The summed E-state index contributed by atoms with van der Waals surface area (Å²) in [7, 11) is 0. The minimum atomic E-state index is -0.674. The molecule has 1 aliphatic rings. The van der Waals surface area contributed by atoms with Crippen LogP contribution in [0.25, 0.3) is 16.8 Å². The van der Waals surface area contributed by atoms with Crippen molar-refractivity contribution in [1.29, 1.82) is 0 Å². The summed E-state index contributed by atoms with van der Waals surface area (Å²) in [6, 6.07) is 21.9. The molecule has 38 heavy (non-hydrogen) atoms. The van der Waals surface area contributed by atoms with Crippen LogP contribution in [0.5, 0.6) is 5.75 Å². The van der Waals surface area contributed by atoms with Gasteiger partial charge in [0, 0.05) is 0 Å². The maximum absolute atomic E-state index is 13.3. The van der Waals surface area contributed by atoms with Crippen LogP contribution in [-0.2, 0) is 16.2 Å². The molecule has 5 rings (SSSR count). The van der Waals surface area contributed by atoms with Gasteiger partial charge < -0.3 is 4.74 Å². The minimum Gasteiger partial charge on any atom is -0.486 e. The van der Waals surface area contributed by atoms with E-state index in [1.807, 2.05) is 42.5 Å². The van der Waals surface area contributed by atoms with Crippen molar-refractivity contribution >= 4 is 98.1 Å². The first kappa shape index (κ1) is 26.5. The number of benzene rings is 4. The lowest BCUT2D eigenvalue weighted by Crippen LogP contribution is -2.54. The summed E-state index contributed by atoms with van der Waals surface area (Å²) in [6.45, 7) is 0.248. The summed E-state index contributed by atoms with van der Waals surface area (Å²) in [6.07, 6.45) is 1.37. The first-order chi connectivity index (χ1) is 18.2. The molecule has 2 amide bonds. The van der Waals surface area contributed by atoms with Crippen molar-refractivity contribution in [3.8, 4) is 5.75 Å². The zero-order valence-electron chi connectivity index (χ0n) is 19.3. The Morgan fingerprint density at radius 3 is 2.29 bits per heavy atom. The maximum atomic E-state index is 13.3. The van der Waals surface area contributed by atoms with E-state index < -0.39 is 11.8 Å². The molecule has 1 fully saturated rings. The monoisotopic (exact) mass is 600 g/mol. The van der Waals surface area contributed by atoms with Gasteiger partial charge in [-0.15, -0.1) is 0 Å². The normalized spacial score (nSPS) is 14.8. The predicted octanol–water partition coefficient (Wildman–Crippen LogP) is 7.86. The highest BCUT2D eigenvalue weighted by molar-refractivity contribution is 7.80. The van der Waals surface area contributed by atoms with Crippen molar-refractivity contribution < 1.29 is 14.3 Å². The molecule has 0 bridgehead atoms. The Morgan fingerprint density at radius 2 is 1.55 bits per heavy atom. The van der Waals surface area contributed by atoms with Crippen molar-refractivity contribution in [2.75, 3.05) is 4.90 Å². The molecule has 1 aliphatic heterocycles. The summed E-state index contributed by atoms with van der Waals surface area (Å²) in [4.78, 5) is 27.1. The Bertz CT molecular complexity index is 1650. The highest BCUT2D eigenvalue weighted by atomic mass is 35.5. The van der Waals surface area contributed by atoms with Gasteiger partial charge in [0.15, 0.2) is 10.9 Å². The van der Waals surface area contributed by atoms with Gasteiger partial charge in [-0.1, -0.05) is 88.9 Å². The number of thiocarbonyl (C=S) groups is 1. The summed E-state index contributed by atoms with van der Waals surface area (Å²) < 4.78 is 5.92. The van der Waals surface area contributed by atoms with Crippen molar-refractivity contribution in [2.24, 2.45) is 0 Å². The Kier molecular flexibility index (Phi) is 7.61. The van der Waals surface area contributed by atoms with Gasteiger partial charge in [0.2, 0.25) is 0 Å². The van der Waals surface area contributed by atoms with Gasteiger partial charge in [0.1, 0.15) is 12.2 Å². The summed E-state index contributed by atoms with van der Waals surface area (Å²) >= 11 is 30.6. The number of hydrogen-bond donors (Lipinski definition) is 1. The Hall–Kier alpha value is -3.13. The van der Waals surface area contributed by atoms with E-state index in [1.165, 1.54) is 6.08 Å². The number of carbonyl (C=O) groups is 2. The largest absolute Gasteiger partial charge is 0.486 e. The number of halogens is 4.